The normalized spacial score (nSPS) is 23.9. The van der Waals surface area contributed by atoms with Crippen LogP contribution in [0.25, 0.3) is 0 Å². The van der Waals surface area contributed by atoms with E-state index >= 15 is 0 Å². The smallest absolute Gasteiger partial charge is 0.230 e. The Kier molecular flexibility index (Phi) is 4.42. The van der Waals surface area contributed by atoms with Gasteiger partial charge in [0.2, 0.25) is 5.91 Å². The van der Waals surface area contributed by atoms with Crippen LogP contribution in [0.3, 0.4) is 0 Å². The van der Waals surface area contributed by atoms with Crippen LogP contribution < -0.4 is 10.6 Å². The number of hydrogen-bond acceptors (Lipinski definition) is 2. The Morgan fingerprint density at radius 3 is 2.72 bits per heavy atom. The van der Waals surface area contributed by atoms with Crippen molar-refractivity contribution in [1.82, 2.24) is 4.98 Å². The second-order valence-corrected chi connectivity index (χ2v) is 5.25. The summed E-state index contributed by atoms with van der Waals surface area (Å²) >= 11 is 0. The van der Waals surface area contributed by atoms with E-state index in [1.54, 1.807) is 4.90 Å². The van der Waals surface area contributed by atoms with Crippen LogP contribution in [-0.2, 0) is 4.79 Å². The Morgan fingerprint density at radius 1 is 1.44 bits per heavy atom. The molecule has 1 aliphatic carbocycles. The second kappa shape index (κ2) is 6.05. The monoisotopic (exact) mass is 249 g/mol. The minimum absolute atomic E-state index is 0.187. The fourth-order valence-corrected chi connectivity index (χ4v) is 2.86. The molecule has 0 bridgehead atoms. The lowest BCUT2D eigenvalue weighted by atomic mass is 9.80. The van der Waals surface area contributed by atoms with E-state index in [1.807, 2.05) is 25.4 Å². The Balaban J connectivity index is 1.87. The highest BCUT2D eigenvalue weighted by atomic mass is 16.2. The average molecular weight is 249 g/mol. The van der Waals surface area contributed by atoms with Crippen LogP contribution in [0.5, 0.6) is 0 Å². The number of carbonyl (C=O) groups is 1. The molecule has 2 rings (SSSR count). The third-order valence-electron chi connectivity index (χ3n) is 4.04. The number of nitrogens with zero attached hydrogens (tertiary/aromatic N) is 1. The highest BCUT2D eigenvalue weighted by molar-refractivity contribution is 5.93. The van der Waals surface area contributed by atoms with Gasteiger partial charge in [-0.05, 0) is 56.7 Å². The van der Waals surface area contributed by atoms with Crippen molar-refractivity contribution in [2.45, 2.75) is 32.1 Å². The number of amides is 1. The average Bonchev–Trinajstić information content (AvgIpc) is 2.92. The summed E-state index contributed by atoms with van der Waals surface area (Å²) in [5.41, 5.74) is 5.59. The van der Waals surface area contributed by atoms with Crippen LogP contribution in [0, 0.1) is 11.8 Å². The Morgan fingerprint density at radius 2 is 2.17 bits per heavy atom. The standard InChI is InChI=1S/C14H23N3O/c1-17(13-3-2-10-16-13)14(18)12-6-4-11(5-7-12)8-9-15/h2-3,10-12,16H,4-9,15H2,1H3. The molecule has 1 aromatic heterocycles. The van der Waals surface area contributed by atoms with Crippen LogP contribution in [-0.4, -0.2) is 24.5 Å². The first-order chi connectivity index (χ1) is 8.72. The molecule has 0 atom stereocenters. The van der Waals surface area contributed by atoms with Crippen LogP contribution in [0.1, 0.15) is 32.1 Å². The molecule has 0 unspecified atom stereocenters. The third kappa shape index (κ3) is 2.93. The molecular formula is C14H23N3O. The number of nitrogens with two attached hydrogens (primary N) is 1. The van der Waals surface area contributed by atoms with Crippen molar-refractivity contribution < 1.29 is 4.79 Å². The number of anilines is 1. The van der Waals surface area contributed by atoms with E-state index in [0.717, 1.165) is 50.4 Å². The maximum Gasteiger partial charge on any atom is 0.230 e. The number of rotatable bonds is 4. The van der Waals surface area contributed by atoms with Gasteiger partial charge in [0.1, 0.15) is 5.82 Å². The summed E-state index contributed by atoms with van der Waals surface area (Å²) in [6.07, 6.45) is 7.26. The van der Waals surface area contributed by atoms with Gasteiger partial charge in [-0.1, -0.05) is 0 Å². The number of aromatic nitrogens is 1. The molecule has 4 nitrogen and oxygen atoms in total. The molecule has 0 saturated heterocycles. The predicted molar refractivity (Wildman–Crippen MR) is 73.3 cm³/mol. The van der Waals surface area contributed by atoms with E-state index in [4.69, 9.17) is 5.73 Å². The summed E-state index contributed by atoms with van der Waals surface area (Å²) in [7, 11) is 1.85. The molecular weight excluding hydrogens is 226 g/mol. The molecule has 0 spiro atoms. The summed E-state index contributed by atoms with van der Waals surface area (Å²) in [6.45, 7) is 0.770. The summed E-state index contributed by atoms with van der Waals surface area (Å²) < 4.78 is 0. The molecule has 0 aliphatic heterocycles. The molecule has 0 radical (unpaired) electrons. The van der Waals surface area contributed by atoms with Crippen molar-refractivity contribution in [2.24, 2.45) is 17.6 Å². The molecule has 1 aliphatic rings. The number of hydrogen-bond donors (Lipinski definition) is 2. The van der Waals surface area contributed by atoms with Crippen molar-refractivity contribution in [3.63, 3.8) is 0 Å². The van der Waals surface area contributed by atoms with E-state index in [-0.39, 0.29) is 11.8 Å². The minimum atomic E-state index is 0.187. The first-order valence-corrected chi connectivity index (χ1v) is 6.83. The predicted octanol–water partition coefficient (Wildman–Crippen LogP) is 2.13. The second-order valence-electron chi connectivity index (χ2n) is 5.25. The minimum Gasteiger partial charge on any atom is -0.348 e. The Hall–Kier alpha value is -1.29. The van der Waals surface area contributed by atoms with Crippen molar-refractivity contribution in [3.8, 4) is 0 Å². The molecule has 18 heavy (non-hydrogen) atoms. The van der Waals surface area contributed by atoms with Crippen molar-refractivity contribution in [2.75, 3.05) is 18.5 Å². The van der Waals surface area contributed by atoms with Crippen LogP contribution in [0.2, 0.25) is 0 Å². The van der Waals surface area contributed by atoms with Crippen molar-refractivity contribution in [1.29, 1.82) is 0 Å². The summed E-state index contributed by atoms with van der Waals surface area (Å²) in [4.78, 5) is 17.2. The van der Waals surface area contributed by atoms with E-state index in [9.17, 15) is 4.79 Å². The van der Waals surface area contributed by atoms with Gasteiger partial charge in [-0.2, -0.15) is 0 Å². The topological polar surface area (TPSA) is 62.1 Å². The van der Waals surface area contributed by atoms with E-state index in [1.165, 1.54) is 0 Å². The zero-order chi connectivity index (χ0) is 13.0. The Labute approximate surface area is 109 Å². The number of H-pyrrole nitrogens is 1. The highest BCUT2D eigenvalue weighted by Gasteiger charge is 2.28. The maximum atomic E-state index is 12.3. The molecule has 1 fully saturated rings. The SMILES string of the molecule is CN(C(=O)C1CCC(CCN)CC1)c1ccc[nH]1. The lowest BCUT2D eigenvalue weighted by Gasteiger charge is -2.30. The van der Waals surface area contributed by atoms with Gasteiger partial charge in [-0.3, -0.25) is 4.79 Å². The lowest BCUT2D eigenvalue weighted by Crippen LogP contribution is -2.35. The van der Waals surface area contributed by atoms with Crippen LogP contribution in [0.15, 0.2) is 18.3 Å². The lowest BCUT2D eigenvalue weighted by molar-refractivity contribution is -0.123. The quantitative estimate of drug-likeness (QED) is 0.858. The van der Waals surface area contributed by atoms with Gasteiger partial charge in [-0.15, -0.1) is 0 Å². The molecule has 4 heteroatoms. The largest absolute Gasteiger partial charge is 0.348 e. The van der Waals surface area contributed by atoms with Gasteiger partial charge in [0, 0.05) is 19.2 Å². The molecule has 1 saturated carbocycles. The first-order valence-electron chi connectivity index (χ1n) is 6.83. The van der Waals surface area contributed by atoms with Gasteiger partial charge in [-0.25, -0.2) is 0 Å². The highest BCUT2D eigenvalue weighted by Crippen LogP contribution is 2.32. The van der Waals surface area contributed by atoms with Gasteiger partial charge in [0.15, 0.2) is 0 Å². The number of aromatic amines is 1. The van der Waals surface area contributed by atoms with Gasteiger partial charge >= 0.3 is 0 Å². The molecule has 1 aromatic rings. The third-order valence-corrected chi connectivity index (χ3v) is 4.04. The fourth-order valence-electron chi connectivity index (χ4n) is 2.86. The van der Waals surface area contributed by atoms with Crippen LogP contribution in [0.4, 0.5) is 5.82 Å². The molecule has 1 amide bonds. The van der Waals surface area contributed by atoms with E-state index in [2.05, 4.69) is 4.98 Å². The van der Waals surface area contributed by atoms with Crippen molar-refractivity contribution in [3.05, 3.63) is 18.3 Å². The van der Waals surface area contributed by atoms with Gasteiger partial charge in [0.25, 0.3) is 0 Å². The van der Waals surface area contributed by atoms with Crippen LogP contribution >= 0.6 is 0 Å². The zero-order valence-corrected chi connectivity index (χ0v) is 11.1. The number of carbonyl (C=O) groups excluding carboxylic acids is 1. The van der Waals surface area contributed by atoms with E-state index in [0.29, 0.717) is 0 Å². The summed E-state index contributed by atoms with van der Waals surface area (Å²) in [5, 5.41) is 0. The maximum absolute atomic E-state index is 12.3. The fraction of sp³-hybridized carbons (Fsp3) is 0.643. The number of nitrogens with one attached hydrogen (secondary N) is 1. The summed E-state index contributed by atoms with van der Waals surface area (Å²) in [5.74, 6) is 2.04. The van der Waals surface area contributed by atoms with Gasteiger partial charge in [0.05, 0.1) is 0 Å². The molecule has 0 aromatic carbocycles. The molecule has 3 N–H and O–H groups in total. The summed E-state index contributed by atoms with van der Waals surface area (Å²) in [6, 6.07) is 3.84. The molecule has 1 heterocycles. The molecule has 100 valence electrons. The van der Waals surface area contributed by atoms with Crippen molar-refractivity contribution >= 4 is 11.7 Å². The first kappa shape index (κ1) is 13.1. The van der Waals surface area contributed by atoms with E-state index < -0.39 is 0 Å². The Bertz CT molecular complexity index is 366. The zero-order valence-electron chi connectivity index (χ0n) is 11.1. The van der Waals surface area contributed by atoms with Gasteiger partial charge < -0.3 is 15.6 Å².